The molecule has 0 heterocycles. The van der Waals surface area contributed by atoms with Gasteiger partial charge in [-0.15, -0.1) is 0 Å². The molecule has 0 amide bonds. The summed E-state index contributed by atoms with van der Waals surface area (Å²) in [4.78, 5) is 14.1. The first-order valence-corrected chi connectivity index (χ1v) is 11.0. The van der Waals surface area contributed by atoms with E-state index in [-0.39, 0.29) is 5.97 Å². The molecule has 0 atom stereocenters. The second-order valence-electron chi connectivity index (χ2n) is 7.75. The van der Waals surface area contributed by atoms with E-state index < -0.39 is 0 Å². The molecular weight excluding hydrogens is 386 g/mol. The maximum atomic E-state index is 11.9. The van der Waals surface area contributed by atoms with Gasteiger partial charge in [-0.1, -0.05) is 49.8 Å². The van der Waals surface area contributed by atoms with Gasteiger partial charge in [-0.3, -0.25) is 0 Å². The van der Waals surface area contributed by atoms with Crippen LogP contribution in [0.1, 0.15) is 49.9 Å². The second kappa shape index (κ2) is 13.7. The van der Waals surface area contributed by atoms with E-state index in [2.05, 4.69) is 64.7 Å². The number of benzene rings is 1. The molecule has 4 nitrogen and oxygen atoms in total. The van der Waals surface area contributed by atoms with Gasteiger partial charge in [0, 0.05) is 12.6 Å². The lowest BCUT2D eigenvalue weighted by atomic mass is 9.96. The van der Waals surface area contributed by atoms with E-state index in [0.29, 0.717) is 6.61 Å². The van der Waals surface area contributed by atoms with Crippen molar-refractivity contribution in [3.63, 3.8) is 0 Å². The van der Waals surface area contributed by atoms with Gasteiger partial charge in [0.05, 0.1) is 7.11 Å². The molecule has 0 fully saturated rings. The Morgan fingerprint density at radius 3 is 2.32 bits per heavy atom. The number of ether oxygens (including phenoxy) is 2. The minimum absolute atomic E-state index is 0.296. The number of likely N-dealkylation sites (N-methyl/N-ethyl adjacent to an activating group) is 1. The number of methoxy groups -OCH3 is 1. The number of carbonyl (C=O) groups excluding carboxylic acids is 1. The maximum absolute atomic E-state index is 11.9. The van der Waals surface area contributed by atoms with E-state index in [1.807, 2.05) is 25.2 Å². The molecule has 170 valence electrons. The van der Waals surface area contributed by atoms with Crippen molar-refractivity contribution in [3.8, 4) is 5.75 Å². The van der Waals surface area contributed by atoms with Gasteiger partial charge in [-0.2, -0.15) is 0 Å². The van der Waals surface area contributed by atoms with E-state index in [1.54, 1.807) is 7.11 Å². The van der Waals surface area contributed by atoms with Crippen LogP contribution in [0.2, 0.25) is 0 Å². The fourth-order valence-corrected chi connectivity index (χ4v) is 3.25. The van der Waals surface area contributed by atoms with Crippen LogP contribution in [-0.2, 0) is 9.53 Å². The maximum Gasteiger partial charge on any atom is 0.331 e. The van der Waals surface area contributed by atoms with Crippen LogP contribution in [0.15, 0.2) is 47.6 Å². The number of rotatable bonds is 11. The van der Waals surface area contributed by atoms with Gasteiger partial charge in [0.25, 0.3) is 0 Å². The summed E-state index contributed by atoms with van der Waals surface area (Å²) in [6.07, 6.45) is 11.7. The standard InChI is InChI=1S/C27H39NO3/c1-9-28(10-2)16-17-31-27(29)18-21(4)13-11-12-20(3)14-15-25-22(5)19-26(30-8)24(7)23(25)6/h11-15,18-19H,9-10,16-17H2,1-8H3. The molecular formula is C27H39NO3. The summed E-state index contributed by atoms with van der Waals surface area (Å²) in [5, 5.41) is 0. The number of hydrogen-bond donors (Lipinski definition) is 0. The monoisotopic (exact) mass is 425 g/mol. The van der Waals surface area contributed by atoms with Crippen LogP contribution in [0.3, 0.4) is 0 Å². The van der Waals surface area contributed by atoms with E-state index in [1.165, 1.54) is 28.3 Å². The topological polar surface area (TPSA) is 38.8 Å². The lowest BCUT2D eigenvalue weighted by Crippen LogP contribution is -2.27. The molecule has 0 aromatic heterocycles. The van der Waals surface area contributed by atoms with Crippen LogP contribution in [0, 0.1) is 20.8 Å². The normalized spacial score (nSPS) is 12.9. The van der Waals surface area contributed by atoms with Crippen molar-refractivity contribution in [3.05, 3.63) is 69.8 Å². The van der Waals surface area contributed by atoms with Gasteiger partial charge in [-0.25, -0.2) is 4.79 Å². The number of carbonyl (C=O) groups is 1. The van der Waals surface area contributed by atoms with Gasteiger partial charge in [0.1, 0.15) is 12.4 Å². The highest BCUT2D eigenvalue weighted by atomic mass is 16.5. The Morgan fingerprint density at radius 1 is 1.03 bits per heavy atom. The molecule has 0 unspecified atom stereocenters. The molecule has 0 saturated carbocycles. The van der Waals surface area contributed by atoms with Crippen molar-refractivity contribution in [2.24, 2.45) is 0 Å². The predicted octanol–water partition coefficient (Wildman–Crippen LogP) is 5.97. The molecule has 0 radical (unpaired) electrons. The molecule has 0 bridgehead atoms. The third-order valence-corrected chi connectivity index (χ3v) is 5.45. The van der Waals surface area contributed by atoms with Crippen LogP contribution in [0.25, 0.3) is 6.08 Å². The highest BCUT2D eigenvalue weighted by Gasteiger charge is 2.08. The zero-order chi connectivity index (χ0) is 23.4. The van der Waals surface area contributed by atoms with Crippen LogP contribution in [-0.4, -0.2) is 44.2 Å². The zero-order valence-corrected chi connectivity index (χ0v) is 20.5. The van der Waals surface area contributed by atoms with Crippen LogP contribution >= 0.6 is 0 Å². The number of aryl methyl sites for hydroxylation is 1. The SMILES string of the molecule is CCN(CC)CCOC(=O)C=C(C)C=CC=C(C)C=Cc1c(C)cc(OC)c(C)c1C. The first kappa shape index (κ1) is 26.4. The van der Waals surface area contributed by atoms with Crippen molar-refractivity contribution in [1.82, 2.24) is 4.90 Å². The fourth-order valence-electron chi connectivity index (χ4n) is 3.25. The molecule has 1 rings (SSSR count). The highest BCUT2D eigenvalue weighted by molar-refractivity contribution is 5.83. The zero-order valence-electron chi connectivity index (χ0n) is 20.5. The van der Waals surface area contributed by atoms with E-state index in [9.17, 15) is 4.79 Å². The summed E-state index contributed by atoms with van der Waals surface area (Å²) in [7, 11) is 1.71. The van der Waals surface area contributed by atoms with Crippen molar-refractivity contribution in [2.75, 3.05) is 33.4 Å². The van der Waals surface area contributed by atoms with Crippen molar-refractivity contribution < 1.29 is 14.3 Å². The van der Waals surface area contributed by atoms with Crippen molar-refractivity contribution in [2.45, 2.75) is 48.5 Å². The van der Waals surface area contributed by atoms with Crippen LogP contribution < -0.4 is 4.74 Å². The van der Waals surface area contributed by atoms with Gasteiger partial charge < -0.3 is 14.4 Å². The fraction of sp³-hybridized carbons (Fsp3) is 0.444. The molecule has 1 aromatic rings. The smallest absolute Gasteiger partial charge is 0.331 e. The van der Waals surface area contributed by atoms with Gasteiger partial charge in [0.2, 0.25) is 0 Å². The number of hydrogen-bond acceptors (Lipinski definition) is 4. The summed E-state index contributed by atoms with van der Waals surface area (Å²) in [5.74, 6) is 0.631. The Morgan fingerprint density at radius 2 is 1.71 bits per heavy atom. The lowest BCUT2D eigenvalue weighted by Gasteiger charge is -2.17. The van der Waals surface area contributed by atoms with Gasteiger partial charge >= 0.3 is 5.97 Å². The summed E-state index contributed by atoms with van der Waals surface area (Å²) < 4.78 is 10.7. The summed E-state index contributed by atoms with van der Waals surface area (Å²) in [6.45, 7) is 17.6. The quantitative estimate of drug-likeness (QED) is 0.249. The Kier molecular flexibility index (Phi) is 11.7. The van der Waals surface area contributed by atoms with Crippen LogP contribution in [0.4, 0.5) is 0 Å². The molecule has 4 heteroatoms. The van der Waals surface area contributed by atoms with Crippen molar-refractivity contribution >= 4 is 12.0 Å². The van der Waals surface area contributed by atoms with E-state index in [0.717, 1.165) is 36.5 Å². The van der Waals surface area contributed by atoms with Crippen LogP contribution in [0.5, 0.6) is 5.75 Å². The largest absolute Gasteiger partial charge is 0.496 e. The van der Waals surface area contributed by atoms with Gasteiger partial charge in [-0.05, 0) is 81.6 Å². The molecule has 0 aliphatic carbocycles. The summed E-state index contributed by atoms with van der Waals surface area (Å²) in [5.41, 5.74) is 6.79. The molecule has 0 spiro atoms. The molecule has 0 N–H and O–H groups in total. The number of allylic oxidation sites excluding steroid dienone is 6. The third kappa shape index (κ3) is 8.97. The predicted molar refractivity (Wildman–Crippen MR) is 132 cm³/mol. The highest BCUT2D eigenvalue weighted by Crippen LogP contribution is 2.28. The molecule has 1 aromatic carbocycles. The first-order valence-electron chi connectivity index (χ1n) is 11.0. The Balaban J connectivity index is 2.70. The van der Waals surface area contributed by atoms with E-state index in [4.69, 9.17) is 9.47 Å². The lowest BCUT2D eigenvalue weighted by molar-refractivity contribution is -0.138. The first-order chi connectivity index (χ1) is 14.7. The number of nitrogens with zero attached hydrogens (tertiary/aromatic N) is 1. The van der Waals surface area contributed by atoms with E-state index >= 15 is 0 Å². The van der Waals surface area contributed by atoms with Crippen molar-refractivity contribution in [1.29, 1.82) is 0 Å². The molecule has 0 saturated heterocycles. The minimum Gasteiger partial charge on any atom is -0.496 e. The third-order valence-electron chi connectivity index (χ3n) is 5.45. The molecule has 0 aliphatic rings. The average molecular weight is 426 g/mol. The summed E-state index contributed by atoms with van der Waals surface area (Å²) >= 11 is 0. The average Bonchev–Trinajstić information content (AvgIpc) is 2.73. The molecule has 31 heavy (non-hydrogen) atoms. The molecule has 0 aliphatic heterocycles. The van der Waals surface area contributed by atoms with Gasteiger partial charge in [0.15, 0.2) is 0 Å². The Bertz CT molecular complexity index is 856. The Hall–Kier alpha value is -2.59. The Labute approximate surface area is 188 Å². The summed E-state index contributed by atoms with van der Waals surface area (Å²) in [6, 6.07) is 2.08. The minimum atomic E-state index is -0.296. The number of esters is 1. The second-order valence-corrected chi connectivity index (χ2v) is 7.75.